The Morgan fingerprint density at radius 2 is 2.21 bits per heavy atom. The minimum Gasteiger partial charge on any atom is -0.384 e. The van der Waals surface area contributed by atoms with Gasteiger partial charge in [0.05, 0.1) is 5.69 Å². The fourth-order valence-electron chi connectivity index (χ4n) is 3.69. The van der Waals surface area contributed by atoms with E-state index >= 15 is 0 Å². The van der Waals surface area contributed by atoms with Gasteiger partial charge in [-0.2, -0.15) is 0 Å². The molecule has 0 bridgehead atoms. The number of piperidine rings is 2. The quantitative estimate of drug-likeness (QED) is 0.877. The van der Waals surface area contributed by atoms with Crippen LogP contribution < -0.4 is 5.73 Å². The molecule has 0 amide bonds. The number of nitrogens with two attached hydrogens (primary N) is 1. The third-order valence-electron chi connectivity index (χ3n) is 4.64. The predicted molar refractivity (Wildman–Crippen MR) is 77.7 cm³/mol. The van der Waals surface area contributed by atoms with Gasteiger partial charge >= 0.3 is 0 Å². The predicted octanol–water partition coefficient (Wildman–Crippen LogP) is 1.58. The highest BCUT2D eigenvalue weighted by Gasteiger charge is 2.34. The van der Waals surface area contributed by atoms with Crippen molar-refractivity contribution in [2.24, 2.45) is 5.92 Å². The smallest absolute Gasteiger partial charge is 0.123 e. The maximum absolute atomic E-state index is 5.75. The number of aromatic nitrogens is 1. The molecule has 0 aliphatic carbocycles. The van der Waals surface area contributed by atoms with Gasteiger partial charge in [0.25, 0.3) is 0 Å². The first-order valence-electron chi connectivity index (χ1n) is 7.36. The third-order valence-corrected chi connectivity index (χ3v) is 4.64. The Morgan fingerprint density at radius 1 is 1.32 bits per heavy atom. The van der Waals surface area contributed by atoms with Gasteiger partial charge in [-0.3, -0.25) is 4.90 Å². The van der Waals surface area contributed by atoms with Crippen LogP contribution >= 0.6 is 0 Å². The summed E-state index contributed by atoms with van der Waals surface area (Å²) in [5.74, 6) is 1.47. The zero-order chi connectivity index (χ0) is 13.2. The number of hydrogen-bond donors (Lipinski definition) is 1. The second-order valence-electron chi connectivity index (χ2n) is 6.03. The van der Waals surface area contributed by atoms with E-state index in [-0.39, 0.29) is 0 Å². The van der Waals surface area contributed by atoms with E-state index in [1.54, 1.807) is 0 Å². The SMILES string of the molecule is CN1CCCC2CN(Cc3cccc(N)n3)CCC21. The van der Waals surface area contributed by atoms with Crippen molar-refractivity contribution in [1.82, 2.24) is 14.8 Å². The first kappa shape index (κ1) is 12.9. The topological polar surface area (TPSA) is 45.4 Å². The lowest BCUT2D eigenvalue weighted by atomic mass is 9.84. The van der Waals surface area contributed by atoms with Crippen molar-refractivity contribution in [3.63, 3.8) is 0 Å². The third kappa shape index (κ3) is 2.90. The Morgan fingerprint density at radius 3 is 3.05 bits per heavy atom. The molecule has 3 rings (SSSR count). The largest absolute Gasteiger partial charge is 0.384 e. The van der Waals surface area contributed by atoms with Crippen molar-refractivity contribution in [1.29, 1.82) is 0 Å². The van der Waals surface area contributed by atoms with Crippen LogP contribution in [0, 0.1) is 5.92 Å². The first-order valence-corrected chi connectivity index (χ1v) is 7.36. The van der Waals surface area contributed by atoms with Crippen molar-refractivity contribution in [2.45, 2.75) is 31.8 Å². The van der Waals surface area contributed by atoms with Gasteiger partial charge in [-0.05, 0) is 50.9 Å². The first-order chi connectivity index (χ1) is 9.22. The molecule has 2 aliphatic rings. The van der Waals surface area contributed by atoms with Crippen LogP contribution in [0.3, 0.4) is 0 Å². The zero-order valence-corrected chi connectivity index (χ0v) is 11.8. The minimum absolute atomic E-state index is 0.629. The van der Waals surface area contributed by atoms with E-state index in [4.69, 9.17) is 5.73 Å². The van der Waals surface area contributed by atoms with E-state index in [0.717, 1.165) is 24.2 Å². The molecule has 2 saturated heterocycles. The lowest BCUT2D eigenvalue weighted by molar-refractivity contribution is 0.0350. The van der Waals surface area contributed by atoms with Crippen molar-refractivity contribution in [3.05, 3.63) is 23.9 Å². The molecule has 2 unspecified atom stereocenters. The number of rotatable bonds is 2. The van der Waals surface area contributed by atoms with Crippen LogP contribution in [0.1, 0.15) is 25.0 Å². The highest BCUT2D eigenvalue weighted by Crippen LogP contribution is 2.30. The van der Waals surface area contributed by atoms with Crippen molar-refractivity contribution in [3.8, 4) is 0 Å². The van der Waals surface area contributed by atoms with Gasteiger partial charge in [-0.1, -0.05) is 6.07 Å². The van der Waals surface area contributed by atoms with E-state index in [1.807, 2.05) is 12.1 Å². The summed E-state index contributed by atoms with van der Waals surface area (Å²) in [5.41, 5.74) is 6.85. The number of nitrogens with zero attached hydrogens (tertiary/aromatic N) is 3. The number of likely N-dealkylation sites (tertiary alicyclic amines) is 2. The molecule has 3 heterocycles. The summed E-state index contributed by atoms with van der Waals surface area (Å²) in [6.45, 7) is 4.61. The molecular weight excluding hydrogens is 236 g/mol. The summed E-state index contributed by atoms with van der Waals surface area (Å²) in [7, 11) is 2.28. The molecule has 1 aromatic heterocycles. The van der Waals surface area contributed by atoms with Gasteiger partial charge < -0.3 is 10.6 Å². The van der Waals surface area contributed by atoms with Crippen molar-refractivity contribution in [2.75, 3.05) is 32.4 Å². The molecule has 4 nitrogen and oxygen atoms in total. The van der Waals surface area contributed by atoms with Crippen LogP contribution in [0.5, 0.6) is 0 Å². The molecule has 2 atom stereocenters. The average molecular weight is 260 g/mol. The van der Waals surface area contributed by atoms with Crippen molar-refractivity contribution < 1.29 is 0 Å². The molecular formula is C15H24N4. The van der Waals surface area contributed by atoms with Gasteiger partial charge in [-0.25, -0.2) is 4.98 Å². The van der Waals surface area contributed by atoms with E-state index in [9.17, 15) is 0 Å². The zero-order valence-electron chi connectivity index (χ0n) is 11.8. The number of nitrogen functional groups attached to an aromatic ring is 1. The molecule has 0 radical (unpaired) electrons. The molecule has 0 spiro atoms. The van der Waals surface area contributed by atoms with E-state index in [2.05, 4.69) is 27.9 Å². The van der Waals surface area contributed by atoms with Crippen LogP contribution in [0.15, 0.2) is 18.2 Å². The van der Waals surface area contributed by atoms with Crippen LogP contribution in [-0.4, -0.2) is 47.5 Å². The number of anilines is 1. The highest BCUT2D eigenvalue weighted by atomic mass is 15.2. The van der Waals surface area contributed by atoms with E-state index < -0.39 is 0 Å². The van der Waals surface area contributed by atoms with Crippen LogP contribution in [0.25, 0.3) is 0 Å². The Bertz CT molecular complexity index is 434. The van der Waals surface area contributed by atoms with Gasteiger partial charge in [0.15, 0.2) is 0 Å². The number of pyridine rings is 1. The van der Waals surface area contributed by atoms with Crippen LogP contribution in [-0.2, 0) is 6.54 Å². The van der Waals surface area contributed by atoms with Gasteiger partial charge in [0.1, 0.15) is 5.82 Å². The number of hydrogen-bond acceptors (Lipinski definition) is 4. The summed E-state index contributed by atoms with van der Waals surface area (Å²) in [4.78, 5) is 9.52. The van der Waals surface area contributed by atoms with Gasteiger partial charge in [0, 0.05) is 25.7 Å². The molecule has 104 valence electrons. The van der Waals surface area contributed by atoms with E-state index in [0.29, 0.717) is 5.82 Å². The molecule has 19 heavy (non-hydrogen) atoms. The summed E-state index contributed by atoms with van der Waals surface area (Å²) in [6, 6.07) is 6.74. The van der Waals surface area contributed by atoms with Crippen LogP contribution in [0.4, 0.5) is 5.82 Å². The Balaban J connectivity index is 1.62. The lowest BCUT2D eigenvalue weighted by Crippen LogP contribution is -2.52. The Hall–Kier alpha value is -1.13. The second kappa shape index (κ2) is 5.47. The maximum Gasteiger partial charge on any atom is 0.123 e. The summed E-state index contributed by atoms with van der Waals surface area (Å²) < 4.78 is 0. The monoisotopic (exact) mass is 260 g/mol. The second-order valence-corrected chi connectivity index (χ2v) is 6.03. The Kier molecular flexibility index (Phi) is 3.71. The average Bonchev–Trinajstić information content (AvgIpc) is 2.39. The molecule has 2 fully saturated rings. The standard InChI is InChI=1S/C15H24N4/c1-18-8-3-4-12-10-19(9-7-14(12)18)11-13-5-2-6-15(16)17-13/h2,5-6,12,14H,3-4,7-11H2,1H3,(H2,16,17). The molecule has 1 aromatic rings. The molecule has 4 heteroatoms. The normalized spacial score (nSPS) is 29.1. The van der Waals surface area contributed by atoms with Crippen LogP contribution in [0.2, 0.25) is 0 Å². The van der Waals surface area contributed by atoms with Gasteiger partial charge in [-0.15, -0.1) is 0 Å². The minimum atomic E-state index is 0.629. The summed E-state index contributed by atoms with van der Waals surface area (Å²) >= 11 is 0. The molecule has 2 N–H and O–H groups in total. The summed E-state index contributed by atoms with van der Waals surface area (Å²) in [6.07, 6.45) is 4.03. The number of fused-ring (bicyclic) bond motifs is 1. The fourth-order valence-corrected chi connectivity index (χ4v) is 3.69. The molecule has 0 aromatic carbocycles. The summed E-state index contributed by atoms with van der Waals surface area (Å²) in [5, 5.41) is 0. The maximum atomic E-state index is 5.75. The highest BCUT2D eigenvalue weighted by molar-refractivity contribution is 5.28. The Labute approximate surface area is 115 Å². The fraction of sp³-hybridized carbons (Fsp3) is 0.667. The van der Waals surface area contributed by atoms with E-state index in [1.165, 1.54) is 38.9 Å². The molecule has 2 aliphatic heterocycles. The molecule has 0 saturated carbocycles. The lowest BCUT2D eigenvalue weighted by Gasteiger charge is -2.45. The van der Waals surface area contributed by atoms with Crippen molar-refractivity contribution >= 4 is 5.82 Å². The van der Waals surface area contributed by atoms with Gasteiger partial charge in [0.2, 0.25) is 0 Å².